The quantitative estimate of drug-likeness (QED) is 0.587. The van der Waals surface area contributed by atoms with Gasteiger partial charge in [-0.2, -0.15) is 0 Å². The van der Waals surface area contributed by atoms with Gasteiger partial charge in [0.25, 0.3) is 0 Å². The first-order valence-electron chi connectivity index (χ1n) is 6.80. The highest BCUT2D eigenvalue weighted by Crippen LogP contribution is 2.32. The van der Waals surface area contributed by atoms with Gasteiger partial charge in [0.2, 0.25) is 0 Å². The Morgan fingerprint density at radius 2 is 1.76 bits per heavy atom. The van der Waals surface area contributed by atoms with Gasteiger partial charge in [0.15, 0.2) is 0 Å². The van der Waals surface area contributed by atoms with E-state index in [1.807, 2.05) is 0 Å². The summed E-state index contributed by atoms with van der Waals surface area (Å²) in [5, 5.41) is 3.39. The van der Waals surface area contributed by atoms with Crippen molar-refractivity contribution in [3.05, 3.63) is 29.8 Å². The summed E-state index contributed by atoms with van der Waals surface area (Å²) in [6, 6.07) is 8.99. The number of hydrogen-bond donors (Lipinski definition) is 1. The summed E-state index contributed by atoms with van der Waals surface area (Å²) in [5.41, 5.74) is 2.74. The van der Waals surface area contributed by atoms with Gasteiger partial charge in [-0.25, -0.2) is 0 Å². The fraction of sp³-hybridized carbons (Fsp3) is 0.600. The Labute approximate surface area is 110 Å². The molecule has 17 heavy (non-hydrogen) atoms. The summed E-state index contributed by atoms with van der Waals surface area (Å²) in [5.74, 6) is 1.54. The lowest BCUT2D eigenvalue weighted by Crippen LogP contribution is -2.05. The van der Waals surface area contributed by atoms with Crippen LogP contribution < -0.4 is 5.32 Å². The van der Waals surface area contributed by atoms with Crippen molar-refractivity contribution in [3.63, 3.8) is 0 Å². The smallest absolute Gasteiger partial charge is 0.0340 e. The zero-order chi connectivity index (χ0) is 11.9. The van der Waals surface area contributed by atoms with Crippen LogP contribution in [0.3, 0.4) is 0 Å². The fourth-order valence-corrected chi connectivity index (χ4v) is 2.74. The molecule has 0 atom stereocenters. The predicted molar refractivity (Wildman–Crippen MR) is 76.1 cm³/mol. The molecule has 0 spiro atoms. The number of rotatable bonds is 5. The maximum absolute atomic E-state index is 5.65. The molecule has 1 nitrogen and oxygen atoms in total. The van der Waals surface area contributed by atoms with Crippen LogP contribution in [0, 0.1) is 0 Å². The molecule has 0 aliphatic heterocycles. The Morgan fingerprint density at radius 1 is 1.06 bits per heavy atom. The van der Waals surface area contributed by atoms with E-state index in [1.165, 1.54) is 43.4 Å². The van der Waals surface area contributed by atoms with Crippen LogP contribution in [0.5, 0.6) is 0 Å². The zero-order valence-electron chi connectivity index (χ0n) is 10.4. The molecule has 0 bridgehead atoms. The molecule has 0 radical (unpaired) electrons. The molecule has 0 saturated heterocycles. The van der Waals surface area contributed by atoms with E-state index in [0.717, 1.165) is 24.8 Å². The van der Waals surface area contributed by atoms with Crippen molar-refractivity contribution in [1.29, 1.82) is 0 Å². The van der Waals surface area contributed by atoms with Gasteiger partial charge < -0.3 is 5.32 Å². The summed E-state index contributed by atoms with van der Waals surface area (Å²) in [7, 11) is 0. The highest BCUT2D eigenvalue weighted by atomic mass is 35.5. The van der Waals surface area contributed by atoms with E-state index in [1.54, 1.807) is 0 Å². The molecular formula is C15H22ClN. The van der Waals surface area contributed by atoms with Crippen LogP contribution in [-0.2, 0) is 0 Å². The second kappa shape index (κ2) is 6.90. The molecule has 1 fully saturated rings. The number of halogens is 1. The Hall–Kier alpha value is -0.690. The van der Waals surface area contributed by atoms with E-state index >= 15 is 0 Å². The third-order valence-corrected chi connectivity index (χ3v) is 3.89. The molecule has 1 aromatic carbocycles. The number of alkyl halides is 1. The van der Waals surface area contributed by atoms with Crippen molar-refractivity contribution in [1.82, 2.24) is 0 Å². The van der Waals surface area contributed by atoms with E-state index < -0.39 is 0 Å². The molecule has 1 saturated carbocycles. The zero-order valence-corrected chi connectivity index (χ0v) is 11.2. The minimum absolute atomic E-state index is 0.729. The maximum atomic E-state index is 5.65. The molecule has 2 heteroatoms. The molecular weight excluding hydrogens is 230 g/mol. The SMILES string of the molecule is ClCCCNc1ccc(C2CCCCC2)cc1. The average molecular weight is 252 g/mol. The normalized spacial score (nSPS) is 17.0. The molecule has 1 aliphatic carbocycles. The Kier molecular flexibility index (Phi) is 5.18. The van der Waals surface area contributed by atoms with E-state index in [4.69, 9.17) is 11.6 Å². The first-order chi connectivity index (χ1) is 8.40. The fourth-order valence-electron chi connectivity index (χ4n) is 2.61. The summed E-state index contributed by atoms with van der Waals surface area (Å²) < 4.78 is 0. The molecule has 1 aromatic rings. The monoisotopic (exact) mass is 251 g/mol. The standard InChI is InChI=1S/C15H22ClN/c16-11-4-12-17-15-9-7-14(8-10-15)13-5-2-1-3-6-13/h7-10,13,17H,1-6,11-12H2. The highest BCUT2D eigenvalue weighted by molar-refractivity contribution is 6.17. The first-order valence-corrected chi connectivity index (χ1v) is 7.33. The van der Waals surface area contributed by atoms with E-state index in [9.17, 15) is 0 Å². The Bertz CT molecular complexity index is 314. The topological polar surface area (TPSA) is 12.0 Å². The maximum Gasteiger partial charge on any atom is 0.0340 e. The van der Waals surface area contributed by atoms with Gasteiger partial charge in [0, 0.05) is 18.1 Å². The molecule has 0 amide bonds. The average Bonchev–Trinajstić information content (AvgIpc) is 2.41. The van der Waals surface area contributed by atoms with Crippen LogP contribution in [0.4, 0.5) is 5.69 Å². The van der Waals surface area contributed by atoms with Gasteiger partial charge >= 0.3 is 0 Å². The first kappa shape index (κ1) is 12.8. The Balaban J connectivity index is 1.88. The third kappa shape index (κ3) is 3.92. The number of benzene rings is 1. The highest BCUT2D eigenvalue weighted by Gasteiger charge is 2.14. The molecule has 94 valence electrons. The molecule has 1 N–H and O–H groups in total. The summed E-state index contributed by atoms with van der Waals surface area (Å²) in [6.45, 7) is 0.965. The third-order valence-electron chi connectivity index (χ3n) is 3.63. The second-order valence-corrected chi connectivity index (χ2v) is 5.30. The summed E-state index contributed by atoms with van der Waals surface area (Å²) >= 11 is 5.65. The lowest BCUT2D eigenvalue weighted by Gasteiger charge is -2.22. The number of anilines is 1. The molecule has 2 rings (SSSR count). The van der Waals surface area contributed by atoms with Crippen LogP contribution in [0.1, 0.15) is 50.0 Å². The van der Waals surface area contributed by atoms with Gasteiger partial charge in [0.1, 0.15) is 0 Å². The van der Waals surface area contributed by atoms with Crippen LogP contribution in [0.25, 0.3) is 0 Å². The Morgan fingerprint density at radius 3 is 2.41 bits per heavy atom. The molecule has 0 unspecified atom stereocenters. The van der Waals surface area contributed by atoms with Crippen molar-refractivity contribution >= 4 is 17.3 Å². The lowest BCUT2D eigenvalue weighted by atomic mass is 9.84. The van der Waals surface area contributed by atoms with Crippen LogP contribution >= 0.6 is 11.6 Å². The van der Waals surface area contributed by atoms with Crippen molar-refractivity contribution < 1.29 is 0 Å². The van der Waals surface area contributed by atoms with Crippen LogP contribution in [0.2, 0.25) is 0 Å². The minimum atomic E-state index is 0.729. The largest absolute Gasteiger partial charge is 0.385 e. The molecule has 0 heterocycles. The van der Waals surface area contributed by atoms with Crippen molar-refractivity contribution in [2.45, 2.75) is 44.4 Å². The van der Waals surface area contributed by atoms with Gasteiger partial charge in [-0.3, -0.25) is 0 Å². The van der Waals surface area contributed by atoms with E-state index in [-0.39, 0.29) is 0 Å². The molecule has 0 aromatic heterocycles. The second-order valence-electron chi connectivity index (χ2n) is 4.93. The van der Waals surface area contributed by atoms with E-state index in [0.29, 0.717) is 0 Å². The van der Waals surface area contributed by atoms with Crippen molar-refractivity contribution in [3.8, 4) is 0 Å². The predicted octanol–water partition coefficient (Wildman–Crippen LogP) is 4.78. The lowest BCUT2D eigenvalue weighted by molar-refractivity contribution is 0.443. The van der Waals surface area contributed by atoms with Gasteiger partial charge in [-0.1, -0.05) is 31.4 Å². The van der Waals surface area contributed by atoms with Crippen molar-refractivity contribution in [2.24, 2.45) is 0 Å². The van der Waals surface area contributed by atoms with Gasteiger partial charge in [-0.05, 0) is 42.9 Å². The van der Waals surface area contributed by atoms with Crippen LogP contribution in [-0.4, -0.2) is 12.4 Å². The van der Waals surface area contributed by atoms with Gasteiger partial charge in [0.05, 0.1) is 0 Å². The minimum Gasteiger partial charge on any atom is -0.385 e. The molecule has 1 aliphatic rings. The summed E-state index contributed by atoms with van der Waals surface area (Å²) in [4.78, 5) is 0. The number of hydrogen-bond acceptors (Lipinski definition) is 1. The summed E-state index contributed by atoms with van der Waals surface area (Å²) in [6.07, 6.45) is 8.00. The number of nitrogens with one attached hydrogen (secondary N) is 1. The van der Waals surface area contributed by atoms with Crippen molar-refractivity contribution in [2.75, 3.05) is 17.7 Å². The van der Waals surface area contributed by atoms with Crippen LogP contribution in [0.15, 0.2) is 24.3 Å². The van der Waals surface area contributed by atoms with Gasteiger partial charge in [-0.15, -0.1) is 11.6 Å². The van der Waals surface area contributed by atoms with E-state index in [2.05, 4.69) is 29.6 Å².